The maximum absolute atomic E-state index is 12.7. The van der Waals surface area contributed by atoms with Crippen molar-refractivity contribution in [2.75, 3.05) is 6.54 Å². The molecule has 6 nitrogen and oxygen atoms in total. The molecule has 2 atom stereocenters. The summed E-state index contributed by atoms with van der Waals surface area (Å²) in [6.45, 7) is 9.46. The summed E-state index contributed by atoms with van der Waals surface area (Å²) in [5.74, 6) is 0.475. The van der Waals surface area contributed by atoms with Crippen LogP contribution in [0.3, 0.4) is 0 Å². The summed E-state index contributed by atoms with van der Waals surface area (Å²) in [5.41, 5.74) is 3.76. The molecule has 2 aromatic heterocycles. The number of nitrogens with zero attached hydrogens (tertiary/aromatic N) is 4. The largest absolute Gasteiger partial charge is 0.336 e. The molecule has 0 saturated carbocycles. The number of pyridine rings is 1. The summed E-state index contributed by atoms with van der Waals surface area (Å²) < 4.78 is 3.47. The molecule has 0 aromatic carbocycles. The Morgan fingerprint density at radius 3 is 2.59 bits per heavy atom. The summed E-state index contributed by atoms with van der Waals surface area (Å²) in [6, 6.07) is 4.23. The average Bonchev–Trinajstić information content (AvgIpc) is 2.85. The lowest BCUT2D eigenvalue weighted by atomic mass is 9.78. The standard InChI is InChI=1S/C21H28N4O2/c1-13(26)24-11-14-6-7-15(24)10-16(14)17-8-9-18-19(22-17)23(5)20(27)25(18)12-21(2,3)4/h8-10,14-15H,6-7,11-12H2,1-5H3. The predicted octanol–water partition coefficient (Wildman–Crippen LogP) is 2.81. The van der Waals surface area contributed by atoms with Crippen molar-refractivity contribution >= 4 is 22.6 Å². The van der Waals surface area contributed by atoms with Crippen molar-refractivity contribution in [2.45, 2.75) is 53.1 Å². The van der Waals surface area contributed by atoms with Crippen LogP contribution in [-0.2, 0) is 18.4 Å². The second-order valence-corrected chi connectivity index (χ2v) is 9.16. The average molecular weight is 368 g/mol. The Morgan fingerprint density at radius 1 is 1.26 bits per heavy atom. The number of amides is 1. The molecule has 6 heteroatoms. The van der Waals surface area contributed by atoms with E-state index in [1.807, 2.05) is 21.6 Å². The zero-order valence-electron chi connectivity index (χ0n) is 16.8. The fourth-order valence-electron chi connectivity index (χ4n) is 4.48. The van der Waals surface area contributed by atoms with Gasteiger partial charge in [0, 0.05) is 33.0 Å². The van der Waals surface area contributed by atoms with Gasteiger partial charge in [-0.3, -0.25) is 13.9 Å². The van der Waals surface area contributed by atoms with Crippen molar-refractivity contribution in [3.8, 4) is 0 Å². The lowest BCUT2D eigenvalue weighted by Gasteiger charge is -2.43. The van der Waals surface area contributed by atoms with Crippen LogP contribution < -0.4 is 5.69 Å². The van der Waals surface area contributed by atoms with Crippen LogP contribution >= 0.6 is 0 Å². The van der Waals surface area contributed by atoms with Crippen molar-refractivity contribution in [3.05, 3.63) is 34.4 Å². The fraction of sp³-hybridized carbons (Fsp3) is 0.571. The van der Waals surface area contributed by atoms with Crippen LogP contribution in [0, 0.1) is 11.3 Å². The van der Waals surface area contributed by atoms with Crippen molar-refractivity contribution < 1.29 is 4.79 Å². The van der Waals surface area contributed by atoms with Gasteiger partial charge in [-0.15, -0.1) is 0 Å². The maximum atomic E-state index is 12.7. The zero-order chi connectivity index (χ0) is 19.5. The summed E-state index contributed by atoms with van der Waals surface area (Å²) in [4.78, 5) is 31.4. The number of aryl methyl sites for hydroxylation is 1. The van der Waals surface area contributed by atoms with E-state index in [1.165, 1.54) is 5.57 Å². The first kappa shape index (κ1) is 18.0. The summed E-state index contributed by atoms with van der Waals surface area (Å²) in [7, 11) is 1.79. The molecular weight excluding hydrogens is 340 g/mol. The number of rotatable bonds is 2. The van der Waals surface area contributed by atoms with E-state index in [0.717, 1.165) is 36.2 Å². The van der Waals surface area contributed by atoms with Gasteiger partial charge in [-0.1, -0.05) is 26.8 Å². The third-order valence-electron chi connectivity index (χ3n) is 5.75. The molecule has 2 bridgehead atoms. The van der Waals surface area contributed by atoms with Gasteiger partial charge in [-0.05, 0) is 36.0 Å². The molecule has 1 fully saturated rings. The van der Waals surface area contributed by atoms with Gasteiger partial charge in [0.25, 0.3) is 0 Å². The first-order chi connectivity index (χ1) is 12.7. The predicted molar refractivity (Wildman–Crippen MR) is 106 cm³/mol. The molecule has 1 saturated heterocycles. The molecule has 1 amide bonds. The minimum atomic E-state index is -0.0218. The van der Waals surface area contributed by atoms with Crippen LogP contribution in [0.5, 0.6) is 0 Å². The lowest BCUT2D eigenvalue weighted by molar-refractivity contribution is -0.132. The molecular formula is C21H28N4O2. The van der Waals surface area contributed by atoms with E-state index in [9.17, 15) is 9.59 Å². The maximum Gasteiger partial charge on any atom is 0.330 e. The van der Waals surface area contributed by atoms with E-state index in [1.54, 1.807) is 18.5 Å². The molecule has 0 radical (unpaired) electrons. The van der Waals surface area contributed by atoms with Gasteiger partial charge >= 0.3 is 5.69 Å². The number of carbonyl (C=O) groups is 1. The van der Waals surface area contributed by atoms with Crippen molar-refractivity contribution in [1.29, 1.82) is 0 Å². The van der Waals surface area contributed by atoms with Gasteiger partial charge in [0.1, 0.15) is 0 Å². The van der Waals surface area contributed by atoms with E-state index in [-0.39, 0.29) is 23.1 Å². The topological polar surface area (TPSA) is 60.1 Å². The zero-order valence-corrected chi connectivity index (χ0v) is 16.8. The van der Waals surface area contributed by atoms with Crippen LogP contribution in [0.1, 0.15) is 46.2 Å². The molecule has 2 aromatic rings. The van der Waals surface area contributed by atoms with E-state index < -0.39 is 0 Å². The molecule has 144 valence electrons. The van der Waals surface area contributed by atoms with E-state index >= 15 is 0 Å². The number of aromatic nitrogens is 3. The molecule has 2 unspecified atom stereocenters. The molecule has 2 aliphatic heterocycles. The molecule has 27 heavy (non-hydrogen) atoms. The summed E-state index contributed by atoms with van der Waals surface area (Å²) in [5, 5.41) is 0. The van der Waals surface area contributed by atoms with Crippen molar-refractivity contribution in [1.82, 2.24) is 19.0 Å². The summed E-state index contributed by atoms with van der Waals surface area (Å²) in [6.07, 6.45) is 4.32. The number of hydrogen-bond acceptors (Lipinski definition) is 3. The van der Waals surface area contributed by atoms with Crippen LogP contribution in [0.25, 0.3) is 16.7 Å². The Bertz CT molecular complexity index is 1010. The third-order valence-corrected chi connectivity index (χ3v) is 5.75. The number of hydrogen-bond donors (Lipinski definition) is 0. The molecule has 4 heterocycles. The Morgan fingerprint density at radius 2 is 2.00 bits per heavy atom. The number of imidazole rings is 1. The fourth-order valence-corrected chi connectivity index (χ4v) is 4.48. The summed E-state index contributed by atoms with van der Waals surface area (Å²) >= 11 is 0. The molecule has 1 aliphatic carbocycles. The van der Waals surface area contributed by atoms with Gasteiger partial charge in [0.2, 0.25) is 5.91 Å². The van der Waals surface area contributed by atoms with E-state index in [4.69, 9.17) is 4.98 Å². The SMILES string of the molecule is CC(=O)N1CC2CCC1C=C2c1ccc2c(n1)n(C)c(=O)n2CC(C)(C)C. The number of piperidine rings is 1. The van der Waals surface area contributed by atoms with E-state index in [2.05, 4.69) is 26.8 Å². The van der Waals surface area contributed by atoms with Gasteiger partial charge < -0.3 is 4.90 Å². The molecule has 0 N–H and O–H groups in total. The van der Waals surface area contributed by atoms with E-state index in [0.29, 0.717) is 12.5 Å². The van der Waals surface area contributed by atoms with Gasteiger partial charge in [-0.25, -0.2) is 9.78 Å². The minimum absolute atomic E-state index is 0.0119. The highest BCUT2D eigenvalue weighted by molar-refractivity contribution is 5.80. The molecule has 5 rings (SSSR count). The van der Waals surface area contributed by atoms with Crippen molar-refractivity contribution in [3.63, 3.8) is 0 Å². The third kappa shape index (κ3) is 3.01. The highest BCUT2D eigenvalue weighted by Gasteiger charge is 2.36. The van der Waals surface area contributed by atoms with Crippen LogP contribution in [0.2, 0.25) is 0 Å². The number of fused-ring (bicyclic) bond motifs is 3. The smallest absolute Gasteiger partial charge is 0.330 e. The Hall–Kier alpha value is -2.37. The van der Waals surface area contributed by atoms with Crippen LogP contribution in [0.15, 0.2) is 23.0 Å². The normalized spacial score (nSPS) is 22.4. The van der Waals surface area contributed by atoms with Gasteiger partial charge in [0.05, 0.1) is 17.3 Å². The molecule has 0 spiro atoms. The van der Waals surface area contributed by atoms with Gasteiger partial charge in [-0.2, -0.15) is 0 Å². The number of carbonyl (C=O) groups excluding carboxylic acids is 1. The monoisotopic (exact) mass is 368 g/mol. The Labute approximate surface area is 159 Å². The lowest BCUT2D eigenvalue weighted by Crippen LogP contribution is -2.48. The second kappa shape index (κ2) is 6.08. The second-order valence-electron chi connectivity index (χ2n) is 9.16. The highest BCUT2D eigenvalue weighted by atomic mass is 16.2. The molecule has 3 aliphatic rings. The Kier molecular flexibility index (Phi) is 4.05. The highest BCUT2D eigenvalue weighted by Crippen LogP contribution is 2.39. The van der Waals surface area contributed by atoms with Crippen LogP contribution in [0.4, 0.5) is 0 Å². The minimum Gasteiger partial charge on any atom is -0.336 e. The van der Waals surface area contributed by atoms with Crippen LogP contribution in [-0.4, -0.2) is 37.5 Å². The first-order valence-electron chi connectivity index (χ1n) is 9.71. The Balaban J connectivity index is 1.78. The van der Waals surface area contributed by atoms with Crippen molar-refractivity contribution in [2.24, 2.45) is 18.4 Å². The quantitative estimate of drug-likeness (QED) is 0.819. The first-order valence-corrected chi connectivity index (χ1v) is 9.71. The van der Waals surface area contributed by atoms with Gasteiger partial charge in [0.15, 0.2) is 5.65 Å².